The van der Waals surface area contributed by atoms with Gasteiger partial charge in [0.15, 0.2) is 5.82 Å². The molecule has 1 heterocycles. The predicted molar refractivity (Wildman–Crippen MR) is 105 cm³/mol. The molecule has 4 atom stereocenters. The third-order valence-electron chi connectivity index (χ3n) is 5.98. The van der Waals surface area contributed by atoms with Crippen LogP contribution in [-0.2, 0) is 17.6 Å². The van der Waals surface area contributed by atoms with Crippen LogP contribution in [0.3, 0.4) is 0 Å². The number of rotatable bonds is 6. The molecular weight excluding hydrogens is 364 g/mol. The van der Waals surface area contributed by atoms with E-state index in [0.717, 1.165) is 31.2 Å². The van der Waals surface area contributed by atoms with Crippen LogP contribution in [0.4, 0.5) is 0 Å². The molecule has 2 bridgehead atoms. The van der Waals surface area contributed by atoms with E-state index < -0.39 is 0 Å². The zero-order valence-electron chi connectivity index (χ0n) is 15.6. The fourth-order valence-electron chi connectivity index (χ4n) is 4.50. The topological polar surface area (TPSA) is 94.0 Å². The van der Waals surface area contributed by atoms with Gasteiger partial charge in [0.1, 0.15) is 0 Å². The Morgan fingerprint density at radius 1 is 1.26 bits per heavy atom. The van der Waals surface area contributed by atoms with Gasteiger partial charge in [-0.3, -0.25) is 4.79 Å². The maximum Gasteiger partial charge on any atom is 0.257 e. The second-order valence-electron chi connectivity index (χ2n) is 7.54. The summed E-state index contributed by atoms with van der Waals surface area (Å²) in [5.74, 6) is 2.47. The van der Waals surface area contributed by atoms with Crippen LogP contribution in [0, 0.1) is 17.8 Å². The maximum absolute atomic E-state index is 12.5. The van der Waals surface area contributed by atoms with Crippen LogP contribution in [0.1, 0.15) is 37.6 Å². The first-order valence-corrected chi connectivity index (χ1v) is 9.61. The summed E-state index contributed by atoms with van der Waals surface area (Å²) < 4.78 is 5.26. The molecule has 2 fully saturated rings. The molecule has 2 aliphatic rings. The van der Waals surface area contributed by atoms with Crippen LogP contribution >= 0.6 is 12.4 Å². The van der Waals surface area contributed by atoms with Gasteiger partial charge in [-0.25, -0.2) is 0 Å². The van der Waals surface area contributed by atoms with Gasteiger partial charge >= 0.3 is 0 Å². The molecule has 3 N–H and O–H groups in total. The fraction of sp³-hybridized carbons (Fsp3) is 0.550. The Labute approximate surface area is 165 Å². The summed E-state index contributed by atoms with van der Waals surface area (Å²) in [4.78, 5) is 16.8. The van der Waals surface area contributed by atoms with Gasteiger partial charge in [0, 0.05) is 24.6 Å². The van der Waals surface area contributed by atoms with Gasteiger partial charge in [-0.2, -0.15) is 4.98 Å². The lowest BCUT2D eigenvalue weighted by atomic mass is 9.84. The Morgan fingerprint density at radius 3 is 2.63 bits per heavy atom. The molecule has 4 unspecified atom stereocenters. The Kier molecular flexibility index (Phi) is 6.17. The van der Waals surface area contributed by atoms with Gasteiger partial charge in [0.05, 0.1) is 5.92 Å². The molecule has 0 aliphatic heterocycles. The van der Waals surface area contributed by atoms with Crippen molar-refractivity contribution >= 4 is 18.3 Å². The van der Waals surface area contributed by atoms with E-state index in [0.29, 0.717) is 30.1 Å². The summed E-state index contributed by atoms with van der Waals surface area (Å²) in [6, 6.07) is 8.10. The van der Waals surface area contributed by atoms with Gasteiger partial charge in [-0.05, 0) is 55.2 Å². The van der Waals surface area contributed by atoms with Gasteiger partial charge < -0.3 is 15.6 Å². The molecule has 7 heteroatoms. The van der Waals surface area contributed by atoms with E-state index in [-0.39, 0.29) is 30.3 Å². The van der Waals surface area contributed by atoms with Gasteiger partial charge in [-0.15, -0.1) is 12.4 Å². The minimum Gasteiger partial charge on any atom is -0.355 e. The summed E-state index contributed by atoms with van der Waals surface area (Å²) >= 11 is 0. The normalized spacial score (nSPS) is 26.0. The number of benzene rings is 1. The van der Waals surface area contributed by atoms with Crippen molar-refractivity contribution in [2.45, 2.75) is 45.1 Å². The molecular formula is C20H27ClN4O2. The number of nitrogens with one attached hydrogen (secondary N) is 1. The zero-order chi connectivity index (χ0) is 18.1. The van der Waals surface area contributed by atoms with Crippen LogP contribution in [-0.4, -0.2) is 28.6 Å². The summed E-state index contributed by atoms with van der Waals surface area (Å²) in [5.41, 5.74) is 8.33. The average molecular weight is 391 g/mol. The molecule has 2 saturated carbocycles. The molecule has 4 rings (SSSR count). The van der Waals surface area contributed by atoms with Crippen LogP contribution in [0.15, 0.2) is 28.8 Å². The number of carbonyl (C=O) groups excluding carboxylic acids is 1. The van der Waals surface area contributed by atoms with Crippen LogP contribution in [0.2, 0.25) is 0 Å². The lowest BCUT2D eigenvalue weighted by molar-refractivity contribution is -0.127. The molecule has 1 aromatic heterocycles. The first-order chi connectivity index (χ1) is 12.7. The molecule has 27 heavy (non-hydrogen) atoms. The monoisotopic (exact) mass is 390 g/mol. The Morgan fingerprint density at radius 2 is 2.00 bits per heavy atom. The number of hydrogen-bond donors (Lipinski definition) is 2. The number of nitrogens with zero attached hydrogens (tertiary/aromatic N) is 2. The third kappa shape index (κ3) is 4.01. The van der Waals surface area contributed by atoms with Crippen molar-refractivity contribution < 1.29 is 9.32 Å². The average Bonchev–Trinajstić information content (AvgIpc) is 3.38. The predicted octanol–water partition coefficient (Wildman–Crippen LogP) is 2.75. The zero-order valence-corrected chi connectivity index (χ0v) is 16.4. The van der Waals surface area contributed by atoms with E-state index in [1.165, 1.54) is 12.0 Å². The lowest BCUT2D eigenvalue weighted by Crippen LogP contribution is -2.45. The summed E-state index contributed by atoms with van der Waals surface area (Å²) in [7, 11) is 0. The van der Waals surface area contributed by atoms with Gasteiger partial charge in [-0.1, -0.05) is 24.2 Å². The first kappa shape index (κ1) is 19.8. The maximum atomic E-state index is 12.5. The van der Waals surface area contributed by atoms with E-state index in [1.54, 1.807) is 0 Å². The number of halogens is 1. The molecule has 2 aromatic rings. The first-order valence-electron chi connectivity index (χ1n) is 9.61. The van der Waals surface area contributed by atoms with Crippen molar-refractivity contribution in [2.75, 3.05) is 6.54 Å². The van der Waals surface area contributed by atoms with Crippen molar-refractivity contribution in [3.05, 3.63) is 35.7 Å². The van der Waals surface area contributed by atoms with E-state index in [4.69, 9.17) is 10.3 Å². The largest absolute Gasteiger partial charge is 0.355 e. The molecule has 0 spiro atoms. The highest BCUT2D eigenvalue weighted by Gasteiger charge is 2.48. The number of amides is 1. The number of nitrogens with two attached hydrogens (primary N) is 1. The fourth-order valence-corrected chi connectivity index (χ4v) is 4.50. The summed E-state index contributed by atoms with van der Waals surface area (Å²) in [5, 5.41) is 7.00. The van der Waals surface area contributed by atoms with Gasteiger partial charge in [0.2, 0.25) is 5.91 Å². The van der Waals surface area contributed by atoms with Crippen molar-refractivity contribution in [1.82, 2.24) is 15.5 Å². The quantitative estimate of drug-likeness (QED) is 0.790. The molecule has 2 aliphatic carbocycles. The Hall–Kier alpha value is -1.92. The second kappa shape index (κ2) is 8.40. The number of fused-ring (bicyclic) bond motifs is 2. The van der Waals surface area contributed by atoms with E-state index in [1.807, 2.05) is 31.2 Å². The molecule has 146 valence electrons. The van der Waals surface area contributed by atoms with E-state index in [2.05, 4.69) is 15.5 Å². The molecule has 0 radical (unpaired) electrons. The third-order valence-corrected chi connectivity index (χ3v) is 5.98. The smallest absolute Gasteiger partial charge is 0.257 e. The number of carbonyl (C=O) groups is 1. The molecule has 1 amide bonds. The SMILES string of the molecule is CCc1noc(-c2ccc(CCNC(=O)C3C4CCC(C4)C3N)cc2)n1.Cl. The van der Waals surface area contributed by atoms with Gasteiger partial charge in [0.25, 0.3) is 5.89 Å². The van der Waals surface area contributed by atoms with Crippen molar-refractivity contribution in [3.63, 3.8) is 0 Å². The highest BCUT2D eigenvalue weighted by molar-refractivity contribution is 5.85. The van der Waals surface area contributed by atoms with Crippen LogP contribution in [0.5, 0.6) is 0 Å². The highest BCUT2D eigenvalue weighted by atomic mass is 35.5. The van der Waals surface area contributed by atoms with Crippen LogP contribution < -0.4 is 11.1 Å². The lowest BCUT2D eigenvalue weighted by Gasteiger charge is -2.27. The Balaban J connectivity index is 0.00000210. The van der Waals surface area contributed by atoms with Crippen molar-refractivity contribution in [1.29, 1.82) is 0 Å². The highest BCUT2D eigenvalue weighted by Crippen LogP contribution is 2.47. The van der Waals surface area contributed by atoms with Crippen LogP contribution in [0.25, 0.3) is 11.5 Å². The Bertz CT molecular complexity index is 775. The second-order valence-corrected chi connectivity index (χ2v) is 7.54. The minimum absolute atomic E-state index is 0. The number of aromatic nitrogens is 2. The summed E-state index contributed by atoms with van der Waals surface area (Å²) in [6.45, 7) is 2.63. The van der Waals surface area contributed by atoms with E-state index in [9.17, 15) is 4.79 Å². The number of aryl methyl sites for hydroxylation is 1. The molecule has 1 aromatic carbocycles. The van der Waals surface area contributed by atoms with Crippen molar-refractivity contribution in [3.8, 4) is 11.5 Å². The molecule has 0 saturated heterocycles. The summed E-state index contributed by atoms with van der Waals surface area (Å²) in [6.07, 6.45) is 5.05. The standard InChI is InChI=1S/C20H26N4O2.ClH/c1-2-16-23-20(26-24-16)13-5-3-12(4-6-13)9-10-22-19(25)17-14-7-8-15(11-14)18(17)21;/h3-6,14-15,17-18H,2,7-11,21H2,1H3,(H,22,25);1H. The van der Waals surface area contributed by atoms with Crippen molar-refractivity contribution in [2.24, 2.45) is 23.5 Å². The van der Waals surface area contributed by atoms with E-state index >= 15 is 0 Å². The number of hydrogen-bond acceptors (Lipinski definition) is 5. The molecule has 6 nitrogen and oxygen atoms in total. The minimum atomic E-state index is 0.